The maximum Gasteiger partial charge on any atom is 0.160 e. The Morgan fingerprint density at radius 1 is 1.11 bits per heavy atom. The van der Waals surface area contributed by atoms with Gasteiger partial charge in [-0.25, -0.2) is 13.8 Å². The fourth-order valence-electron chi connectivity index (χ4n) is 1.88. The Kier molecular flexibility index (Phi) is 2.64. The topological polar surface area (TPSA) is 54.7 Å². The van der Waals surface area contributed by atoms with Crippen molar-refractivity contribution in [2.75, 3.05) is 5.73 Å². The molecule has 0 atom stereocenters. The van der Waals surface area contributed by atoms with Crippen molar-refractivity contribution in [3.8, 4) is 11.4 Å². The van der Waals surface area contributed by atoms with E-state index in [1.165, 1.54) is 0 Å². The highest BCUT2D eigenvalue weighted by Crippen LogP contribution is 2.28. The fraction of sp³-hybridized carbons (Fsp3) is 0. The van der Waals surface area contributed by atoms with Crippen molar-refractivity contribution in [2.45, 2.75) is 0 Å². The minimum atomic E-state index is -0.986. The Labute approximate surface area is 112 Å². The lowest BCUT2D eigenvalue weighted by molar-refractivity contribution is 0.509. The highest BCUT2D eigenvalue weighted by molar-refractivity contribution is 6.31. The van der Waals surface area contributed by atoms with Gasteiger partial charge in [-0.1, -0.05) is 11.6 Å². The van der Waals surface area contributed by atoms with Gasteiger partial charge >= 0.3 is 0 Å². The molecule has 0 radical (unpaired) electrons. The van der Waals surface area contributed by atoms with Gasteiger partial charge in [-0.2, -0.15) is 0 Å². The maximum atomic E-state index is 13.3. The molecule has 0 unspecified atom stereocenters. The summed E-state index contributed by atoms with van der Waals surface area (Å²) in [5, 5.41) is 0.556. The van der Waals surface area contributed by atoms with Gasteiger partial charge in [-0.3, -0.25) is 0 Å². The van der Waals surface area contributed by atoms with E-state index in [2.05, 4.69) is 9.97 Å². The number of fused-ring (bicyclic) bond motifs is 1. The van der Waals surface area contributed by atoms with Gasteiger partial charge in [-0.05, 0) is 24.3 Å². The van der Waals surface area contributed by atoms with Gasteiger partial charge in [0.2, 0.25) is 0 Å². The zero-order valence-corrected chi connectivity index (χ0v) is 10.3. The molecule has 3 nitrogen and oxygen atoms in total. The number of nitrogens with zero attached hydrogens (tertiary/aromatic N) is 1. The molecule has 0 aliphatic rings. The smallest absolute Gasteiger partial charge is 0.160 e. The van der Waals surface area contributed by atoms with Crippen molar-refractivity contribution in [3.63, 3.8) is 0 Å². The number of rotatable bonds is 1. The molecule has 2 aromatic carbocycles. The van der Waals surface area contributed by atoms with Crippen LogP contribution in [0.2, 0.25) is 5.02 Å². The number of anilines is 1. The Morgan fingerprint density at radius 2 is 1.84 bits per heavy atom. The normalized spacial score (nSPS) is 11.1. The van der Waals surface area contributed by atoms with E-state index in [1.54, 1.807) is 18.2 Å². The van der Waals surface area contributed by atoms with E-state index in [0.717, 1.165) is 12.1 Å². The van der Waals surface area contributed by atoms with E-state index in [9.17, 15) is 8.78 Å². The summed E-state index contributed by atoms with van der Waals surface area (Å²) in [6, 6.07) is 7.08. The Morgan fingerprint density at radius 3 is 2.63 bits per heavy atom. The van der Waals surface area contributed by atoms with Crippen LogP contribution in [0.3, 0.4) is 0 Å². The van der Waals surface area contributed by atoms with E-state index >= 15 is 0 Å². The first kappa shape index (κ1) is 11.9. The summed E-state index contributed by atoms with van der Waals surface area (Å²) in [4.78, 5) is 7.25. The molecule has 3 N–H and O–H groups in total. The number of halogens is 3. The van der Waals surface area contributed by atoms with Crippen molar-refractivity contribution in [1.82, 2.24) is 9.97 Å². The number of imidazole rings is 1. The monoisotopic (exact) mass is 279 g/mol. The summed E-state index contributed by atoms with van der Waals surface area (Å²) in [6.07, 6.45) is 0. The number of H-pyrrole nitrogens is 1. The fourth-order valence-corrected chi connectivity index (χ4v) is 2.05. The van der Waals surface area contributed by atoms with E-state index in [0.29, 0.717) is 27.4 Å². The van der Waals surface area contributed by atoms with Crippen LogP contribution in [0.4, 0.5) is 14.5 Å². The van der Waals surface area contributed by atoms with Crippen LogP contribution >= 0.6 is 11.6 Å². The maximum absolute atomic E-state index is 13.3. The molecule has 1 aromatic heterocycles. The van der Waals surface area contributed by atoms with Crippen LogP contribution in [0.1, 0.15) is 0 Å². The van der Waals surface area contributed by atoms with Crippen molar-refractivity contribution in [3.05, 3.63) is 47.0 Å². The van der Waals surface area contributed by atoms with Crippen molar-refractivity contribution >= 4 is 28.3 Å². The summed E-state index contributed by atoms with van der Waals surface area (Å²) in [7, 11) is 0. The van der Waals surface area contributed by atoms with Gasteiger partial charge in [0, 0.05) is 22.3 Å². The average Bonchev–Trinajstić information content (AvgIpc) is 2.76. The van der Waals surface area contributed by atoms with Gasteiger partial charge in [-0.15, -0.1) is 0 Å². The van der Waals surface area contributed by atoms with Gasteiger partial charge in [0.1, 0.15) is 5.82 Å². The molecule has 0 fully saturated rings. The van der Waals surface area contributed by atoms with Crippen LogP contribution in [0.25, 0.3) is 22.4 Å². The highest BCUT2D eigenvalue weighted by Gasteiger charge is 2.13. The van der Waals surface area contributed by atoms with E-state index in [-0.39, 0.29) is 5.69 Å². The molecular weight excluding hydrogens is 272 g/mol. The van der Waals surface area contributed by atoms with E-state index in [4.69, 9.17) is 17.3 Å². The zero-order valence-electron chi connectivity index (χ0n) is 9.55. The molecule has 0 bridgehead atoms. The Bertz CT molecular complexity index is 783. The van der Waals surface area contributed by atoms with Gasteiger partial charge in [0.05, 0.1) is 11.0 Å². The molecule has 6 heteroatoms. The predicted octanol–water partition coefficient (Wildman–Crippen LogP) is 3.74. The quantitative estimate of drug-likeness (QED) is 0.667. The molecule has 19 heavy (non-hydrogen) atoms. The van der Waals surface area contributed by atoms with Crippen LogP contribution in [0.15, 0.2) is 30.3 Å². The third-order valence-corrected chi connectivity index (χ3v) is 3.03. The average molecular weight is 280 g/mol. The molecule has 0 saturated heterocycles. The standard InChI is InChI=1S/C13H8ClF2N3/c14-6-1-2-11-12(3-6)19-13(18-11)7-4-8(15)9(16)5-10(7)17/h1-5H,17H2,(H,18,19). The summed E-state index contributed by atoms with van der Waals surface area (Å²) in [6.45, 7) is 0. The molecule has 0 amide bonds. The highest BCUT2D eigenvalue weighted by atomic mass is 35.5. The first-order chi connectivity index (χ1) is 9.04. The van der Waals surface area contributed by atoms with Gasteiger partial charge in [0.15, 0.2) is 11.6 Å². The van der Waals surface area contributed by atoms with Crippen LogP contribution < -0.4 is 5.73 Å². The number of nitrogen functional groups attached to an aromatic ring is 1. The molecular formula is C13H8ClF2N3. The van der Waals surface area contributed by atoms with Crippen molar-refractivity contribution < 1.29 is 8.78 Å². The summed E-state index contributed by atoms with van der Waals surface area (Å²) in [5.41, 5.74) is 7.48. The summed E-state index contributed by atoms with van der Waals surface area (Å²) in [5.74, 6) is -1.59. The minimum Gasteiger partial charge on any atom is -0.398 e. The third-order valence-electron chi connectivity index (χ3n) is 2.79. The van der Waals surface area contributed by atoms with Crippen LogP contribution in [0.5, 0.6) is 0 Å². The zero-order chi connectivity index (χ0) is 13.6. The molecule has 0 aliphatic carbocycles. The molecule has 3 rings (SSSR count). The minimum absolute atomic E-state index is 0.115. The van der Waals surface area contributed by atoms with Crippen molar-refractivity contribution in [1.29, 1.82) is 0 Å². The second-order valence-corrected chi connectivity index (χ2v) is 4.54. The summed E-state index contributed by atoms with van der Waals surface area (Å²) < 4.78 is 26.3. The number of nitrogens with two attached hydrogens (primary N) is 1. The number of benzene rings is 2. The lowest BCUT2D eigenvalue weighted by atomic mass is 10.1. The lowest BCUT2D eigenvalue weighted by Crippen LogP contribution is -1.95. The first-order valence-corrected chi connectivity index (χ1v) is 5.82. The van der Waals surface area contributed by atoms with Gasteiger partial charge in [0.25, 0.3) is 0 Å². The van der Waals surface area contributed by atoms with Gasteiger partial charge < -0.3 is 10.7 Å². The largest absolute Gasteiger partial charge is 0.398 e. The van der Waals surface area contributed by atoms with Crippen LogP contribution in [0, 0.1) is 11.6 Å². The molecule has 0 spiro atoms. The SMILES string of the molecule is Nc1cc(F)c(F)cc1-c1nc2ccc(Cl)cc2[nH]1. The Hall–Kier alpha value is -2.14. The van der Waals surface area contributed by atoms with E-state index in [1.807, 2.05) is 0 Å². The second-order valence-electron chi connectivity index (χ2n) is 4.10. The third kappa shape index (κ3) is 2.02. The summed E-state index contributed by atoms with van der Waals surface area (Å²) >= 11 is 5.87. The number of aromatic nitrogens is 2. The van der Waals surface area contributed by atoms with Crippen molar-refractivity contribution in [2.24, 2.45) is 0 Å². The number of nitrogens with one attached hydrogen (secondary N) is 1. The first-order valence-electron chi connectivity index (χ1n) is 5.45. The molecule has 3 aromatic rings. The van der Waals surface area contributed by atoms with Crippen LogP contribution in [-0.2, 0) is 0 Å². The molecule has 96 valence electrons. The predicted molar refractivity (Wildman–Crippen MR) is 70.9 cm³/mol. The van der Waals surface area contributed by atoms with Crippen LogP contribution in [-0.4, -0.2) is 9.97 Å². The number of hydrogen-bond acceptors (Lipinski definition) is 2. The Balaban J connectivity index is 2.21. The number of aromatic amines is 1. The second kappa shape index (κ2) is 4.20. The van der Waals surface area contributed by atoms with E-state index < -0.39 is 11.6 Å². The lowest BCUT2D eigenvalue weighted by Gasteiger charge is -2.03. The molecule has 0 aliphatic heterocycles. The molecule has 1 heterocycles. The molecule has 0 saturated carbocycles. The number of hydrogen-bond donors (Lipinski definition) is 2.